The summed E-state index contributed by atoms with van der Waals surface area (Å²) in [6.45, 7) is 4.00. The van der Waals surface area contributed by atoms with E-state index in [2.05, 4.69) is 6.08 Å². The van der Waals surface area contributed by atoms with Crippen molar-refractivity contribution in [3.63, 3.8) is 0 Å². The van der Waals surface area contributed by atoms with Gasteiger partial charge in [0.05, 0.1) is 0 Å². The minimum Gasteiger partial charge on any atom is -0.378 e. The summed E-state index contributed by atoms with van der Waals surface area (Å²) >= 11 is 0. The third-order valence-corrected chi connectivity index (χ3v) is 2.27. The molecule has 0 fully saturated rings. The highest BCUT2D eigenvalue weighted by atomic mass is 16.3. The molecular formula is C9H15NO. The van der Waals surface area contributed by atoms with Crippen LogP contribution in [0.15, 0.2) is 23.8 Å². The Balaban J connectivity index is 2.74. The number of aliphatic hydroxyl groups excluding tert-OH is 1. The fourth-order valence-electron chi connectivity index (χ4n) is 1.06. The maximum absolute atomic E-state index is 9.22. The van der Waals surface area contributed by atoms with Gasteiger partial charge in [-0.3, -0.25) is 0 Å². The monoisotopic (exact) mass is 153 g/mol. The Morgan fingerprint density at radius 2 is 2.36 bits per heavy atom. The first kappa shape index (κ1) is 8.50. The van der Waals surface area contributed by atoms with Crippen LogP contribution in [0.25, 0.3) is 0 Å². The lowest BCUT2D eigenvalue weighted by Crippen LogP contribution is -2.38. The Bertz CT molecular complexity index is 206. The molecular weight excluding hydrogens is 138 g/mol. The van der Waals surface area contributed by atoms with Crippen LogP contribution in [-0.4, -0.2) is 11.3 Å². The first-order valence-electron chi connectivity index (χ1n) is 3.84. The Hall–Kier alpha value is -0.600. The van der Waals surface area contributed by atoms with Gasteiger partial charge in [0, 0.05) is 5.41 Å². The molecule has 1 aliphatic rings. The van der Waals surface area contributed by atoms with Gasteiger partial charge in [0.15, 0.2) is 0 Å². The average molecular weight is 153 g/mol. The maximum atomic E-state index is 9.22. The van der Waals surface area contributed by atoms with Crippen LogP contribution in [0, 0.1) is 5.41 Å². The zero-order valence-corrected chi connectivity index (χ0v) is 7.04. The predicted octanol–water partition coefficient (Wildman–Crippen LogP) is 1.18. The molecule has 0 aromatic heterocycles. The maximum Gasteiger partial charge on any atom is 0.111 e. The van der Waals surface area contributed by atoms with Crippen molar-refractivity contribution in [2.45, 2.75) is 26.5 Å². The molecule has 2 heteroatoms. The Kier molecular flexibility index (Phi) is 2.16. The molecule has 0 bridgehead atoms. The molecule has 62 valence electrons. The molecule has 0 saturated carbocycles. The number of rotatable bonds is 1. The second-order valence-corrected chi connectivity index (χ2v) is 3.44. The van der Waals surface area contributed by atoms with Gasteiger partial charge in [-0.2, -0.15) is 0 Å². The van der Waals surface area contributed by atoms with Crippen molar-refractivity contribution in [3.8, 4) is 0 Å². The lowest BCUT2D eigenvalue weighted by Gasteiger charge is -2.30. The van der Waals surface area contributed by atoms with E-state index < -0.39 is 6.23 Å². The Labute approximate surface area is 67.4 Å². The normalized spacial score (nSPS) is 33.3. The van der Waals surface area contributed by atoms with Crippen molar-refractivity contribution in [2.24, 2.45) is 11.1 Å². The summed E-state index contributed by atoms with van der Waals surface area (Å²) in [6.07, 6.45) is 6.14. The fraction of sp³-hybridized carbons (Fsp3) is 0.556. The van der Waals surface area contributed by atoms with Crippen LogP contribution in [0.2, 0.25) is 0 Å². The lowest BCUT2D eigenvalue weighted by molar-refractivity contribution is 0.0770. The standard InChI is InChI=1S/C9H15NO/c1-7-3-5-9(2,6-4-7)8(10)11/h3-5,8,11H,6,10H2,1-2H3. The van der Waals surface area contributed by atoms with E-state index >= 15 is 0 Å². The molecule has 1 rings (SSSR count). The molecule has 11 heavy (non-hydrogen) atoms. The van der Waals surface area contributed by atoms with Gasteiger partial charge >= 0.3 is 0 Å². The summed E-state index contributed by atoms with van der Waals surface area (Å²) in [6, 6.07) is 0. The van der Waals surface area contributed by atoms with E-state index in [1.54, 1.807) is 0 Å². The van der Waals surface area contributed by atoms with Crippen molar-refractivity contribution in [2.75, 3.05) is 0 Å². The first-order chi connectivity index (χ1) is 5.04. The molecule has 0 heterocycles. The first-order valence-corrected chi connectivity index (χ1v) is 3.84. The van der Waals surface area contributed by atoms with Crippen LogP contribution < -0.4 is 5.73 Å². The average Bonchev–Trinajstić information content (AvgIpc) is 1.95. The Morgan fingerprint density at radius 1 is 1.73 bits per heavy atom. The van der Waals surface area contributed by atoms with Gasteiger partial charge in [-0.05, 0) is 13.3 Å². The van der Waals surface area contributed by atoms with E-state index in [0.717, 1.165) is 6.42 Å². The highest BCUT2D eigenvalue weighted by Crippen LogP contribution is 2.30. The third-order valence-electron chi connectivity index (χ3n) is 2.27. The highest BCUT2D eigenvalue weighted by molar-refractivity contribution is 5.24. The molecule has 0 spiro atoms. The fourth-order valence-corrected chi connectivity index (χ4v) is 1.06. The van der Waals surface area contributed by atoms with Gasteiger partial charge in [0.2, 0.25) is 0 Å². The molecule has 0 aromatic carbocycles. The second kappa shape index (κ2) is 2.80. The highest BCUT2D eigenvalue weighted by Gasteiger charge is 2.27. The van der Waals surface area contributed by atoms with Crippen molar-refractivity contribution in [3.05, 3.63) is 23.8 Å². The zero-order chi connectivity index (χ0) is 8.48. The van der Waals surface area contributed by atoms with Gasteiger partial charge in [-0.1, -0.05) is 30.7 Å². The summed E-state index contributed by atoms with van der Waals surface area (Å²) in [5, 5.41) is 9.22. The van der Waals surface area contributed by atoms with Gasteiger partial charge in [-0.25, -0.2) is 0 Å². The van der Waals surface area contributed by atoms with E-state index in [1.807, 2.05) is 26.0 Å². The lowest BCUT2D eigenvalue weighted by atomic mass is 9.81. The predicted molar refractivity (Wildman–Crippen MR) is 45.8 cm³/mol. The minimum atomic E-state index is -0.761. The van der Waals surface area contributed by atoms with Crippen LogP contribution >= 0.6 is 0 Å². The zero-order valence-electron chi connectivity index (χ0n) is 7.04. The molecule has 2 nitrogen and oxygen atoms in total. The SMILES string of the molecule is CC1=CCC(C)(C(N)O)C=C1. The quantitative estimate of drug-likeness (QED) is 0.555. The molecule has 0 amide bonds. The van der Waals surface area contributed by atoms with E-state index in [0.29, 0.717) is 0 Å². The van der Waals surface area contributed by atoms with E-state index in [-0.39, 0.29) is 5.41 Å². The van der Waals surface area contributed by atoms with E-state index in [9.17, 15) is 5.11 Å². The molecule has 0 aliphatic heterocycles. The molecule has 2 atom stereocenters. The summed E-state index contributed by atoms with van der Waals surface area (Å²) in [7, 11) is 0. The number of allylic oxidation sites excluding steroid dienone is 3. The molecule has 0 aromatic rings. The molecule has 1 aliphatic carbocycles. The van der Waals surface area contributed by atoms with Crippen LogP contribution in [0.5, 0.6) is 0 Å². The number of hydrogen-bond donors (Lipinski definition) is 2. The molecule has 2 unspecified atom stereocenters. The van der Waals surface area contributed by atoms with E-state index in [1.165, 1.54) is 5.57 Å². The topological polar surface area (TPSA) is 46.2 Å². The largest absolute Gasteiger partial charge is 0.378 e. The summed E-state index contributed by atoms with van der Waals surface area (Å²) in [4.78, 5) is 0. The number of hydrogen-bond acceptors (Lipinski definition) is 2. The van der Waals surface area contributed by atoms with Gasteiger partial charge in [0.1, 0.15) is 6.23 Å². The molecule has 0 radical (unpaired) electrons. The molecule has 3 N–H and O–H groups in total. The van der Waals surface area contributed by atoms with Crippen molar-refractivity contribution < 1.29 is 5.11 Å². The Morgan fingerprint density at radius 3 is 2.73 bits per heavy atom. The third kappa shape index (κ3) is 1.70. The van der Waals surface area contributed by atoms with Gasteiger partial charge in [0.25, 0.3) is 0 Å². The van der Waals surface area contributed by atoms with Crippen molar-refractivity contribution >= 4 is 0 Å². The van der Waals surface area contributed by atoms with Crippen molar-refractivity contribution in [1.82, 2.24) is 0 Å². The van der Waals surface area contributed by atoms with Gasteiger partial charge < -0.3 is 10.8 Å². The van der Waals surface area contributed by atoms with Crippen LogP contribution in [0.1, 0.15) is 20.3 Å². The smallest absolute Gasteiger partial charge is 0.111 e. The second-order valence-electron chi connectivity index (χ2n) is 3.44. The van der Waals surface area contributed by atoms with Crippen molar-refractivity contribution in [1.29, 1.82) is 0 Å². The van der Waals surface area contributed by atoms with Crippen LogP contribution in [0.4, 0.5) is 0 Å². The summed E-state index contributed by atoms with van der Waals surface area (Å²) < 4.78 is 0. The van der Waals surface area contributed by atoms with Gasteiger partial charge in [-0.15, -0.1) is 0 Å². The van der Waals surface area contributed by atoms with E-state index in [4.69, 9.17) is 5.73 Å². The molecule has 0 saturated heterocycles. The van der Waals surface area contributed by atoms with Crippen LogP contribution in [0.3, 0.4) is 0 Å². The number of nitrogens with two attached hydrogens (primary N) is 1. The summed E-state index contributed by atoms with van der Waals surface area (Å²) in [5.41, 5.74) is 6.40. The minimum absolute atomic E-state index is 0.264. The number of aliphatic hydroxyl groups is 1. The summed E-state index contributed by atoms with van der Waals surface area (Å²) in [5.74, 6) is 0. The van der Waals surface area contributed by atoms with Crippen LogP contribution in [-0.2, 0) is 0 Å².